The molecule has 1 heterocycles. The molecule has 2 rings (SSSR count). The Kier molecular flexibility index (Phi) is 4.91. The fourth-order valence-electron chi connectivity index (χ4n) is 2.79. The normalized spacial score (nSPS) is 22.1. The van der Waals surface area contributed by atoms with Crippen molar-refractivity contribution in [2.45, 2.75) is 57.4 Å². The van der Waals surface area contributed by atoms with Crippen LogP contribution in [0, 0.1) is 17.0 Å². The third-order valence-electron chi connectivity index (χ3n) is 3.77. The highest BCUT2D eigenvalue weighted by atomic mass is 32.2. The Morgan fingerprint density at radius 2 is 2.30 bits per heavy atom. The van der Waals surface area contributed by atoms with Crippen LogP contribution in [0.3, 0.4) is 0 Å². The van der Waals surface area contributed by atoms with Crippen LogP contribution in [0.15, 0.2) is 0 Å². The van der Waals surface area contributed by atoms with Crippen LogP contribution in [0.4, 0.5) is 11.5 Å². The van der Waals surface area contributed by atoms with E-state index < -0.39 is 0 Å². The highest BCUT2D eigenvalue weighted by Gasteiger charge is 2.30. The first-order valence-electron chi connectivity index (χ1n) is 7.07. The number of anilines is 1. The molecule has 0 amide bonds. The Bertz CT molecular complexity index is 489. The highest BCUT2D eigenvalue weighted by Crippen LogP contribution is 2.34. The van der Waals surface area contributed by atoms with Crippen molar-refractivity contribution in [3.63, 3.8) is 0 Å². The molecule has 0 saturated heterocycles. The minimum Gasteiger partial charge on any atom is -0.362 e. The minimum atomic E-state index is -0.322. The zero-order valence-corrected chi connectivity index (χ0v) is 13.1. The Morgan fingerprint density at radius 3 is 2.85 bits per heavy atom. The molecule has 112 valence electrons. The van der Waals surface area contributed by atoms with Crippen molar-refractivity contribution in [2.75, 3.05) is 11.6 Å². The van der Waals surface area contributed by atoms with Gasteiger partial charge in [-0.25, -0.2) is 4.68 Å². The topological polar surface area (TPSA) is 73.0 Å². The quantitative estimate of drug-likeness (QED) is 0.645. The third kappa shape index (κ3) is 3.08. The Morgan fingerprint density at radius 1 is 1.55 bits per heavy atom. The zero-order chi connectivity index (χ0) is 14.7. The lowest BCUT2D eigenvalue weighted by molar-refractivity contribution is -0.384. The van der Waals surface area contributed by atoms with Crippen LogP contribution in [0.2, 0.25) is 0 Å². The van der Waals surface area contributed by atoms with E-state index in [1.807, 2.05) is 18.7 Å². The largest absolute Gasteiger partial charge is 0.362 e. The summed E-state index contributed by atoms with van der Waals surface area (Å²) in [6.45, 7) is 4.45. The van der Waals surface area contributed by atoms with Gasteiger partial charge in [-0.3, -0.25) is 10.1 Å². The smallest absolute Gasteiger partial charge is 0.333 e. The van der Waals surface area contributed by atoms with Gasteiger partial charge in [0.15, 0.2) is 0 Å². The van der Waals surface area contributed by atoms with Gasteiger partial charge in [-0.05, 0) is 38.9 Å². The molecule has 1 aromatic heterocycles. The van der Waals surface area contributed by atoms with E-state index in [1.165, 1.54) is 6.42 Å². The van der Waals surface area contributed by atoms with Crippen LogP contribution in [0.5, 0.6) is 0 Å². The Balaban J connectivity index is 2.22. The van der Waals surface area contributed by atoms with Crippen molar-refractivity contribution in [1.82, 2.24) is 9.78 Å². The van der Waals surface area contributed by atoms with Crippen molar-refractivity contribution < 1.29 is 4.92 Å². The predicted octanol–water partition coefficient (Wildman–Crippen LogP) is 3.21. The van der Waals surface area contributed by atoms with Gasteiger partial charge in [0, 0.05) is 17.8 Å². The summed E-state index contributed by atoms with van der Waals surface area (Å²) in [6.07, 6.45) is 6.34. The van der Waals surface area contributed by atoms with Gasteiger partial charge in [-0.2, -0.15) is 16.9 Å². The molecule has 0 radical (unpaired) electrons. The molecule has 2 unspecified atom stereocenters. The molecule has 0 aliphatic heterocycles. The van der Waals surface area contributed by atoms with E-state index in [2.05, 4.69) is 16.7 Å². The second-order valence-electron chi connectivity index (χ2n) is 5.27. The zero-order valence-electron chi connectivity index (χ0n) is 12.3. The molecule has 2 atom stereocenters. The van der Waals surface area contributed by atoms with E-state index in [9.17, 15) is 10.1 Å². The second kappa shape index (κ2) is 6.47. The number of aryl methyl sites for hydroxylation is 2. The summed E-state index contributed by atoms with van der Waals surface area (Å²) >= 11 is 1.88. The van der Waals surface area contributed by atoms with Gasteiger partial charge in [0.25, 0.3) is 0 Å². The van der Waals surface area contributed by atoms with Crippen molar-refractivity contribution in [3.8, 4) is 0 Å². The molecule has 1 N–H and O–H groups in total. The molecule has 0 aromatic carbocycles. The number of hydrogen-bond acceptors (Lipinski definition) is 5. The fraction of sp³-hybridized carbons (Fsp3) is 0.769. The van der Waals surface area contributed by atoms with Crippen LogP contribution in [0.25, 0.3) is 0 Å². The van der Waals surface area contributed by atoms with Crippen molar-refractivity contribution in [1.29, 1.82) is 0 Å². The lowest BCUT2D eigenvalue weighted by Crippen LogP contribution is -2.19. The molecular weight excluding hydrogens is 276 g/mol. The highest BCUT2D eigenvalue weighted by molar-refractivity contribution is 7.99. The molecular formula is C13H22N4O2S. The van der Waals surface area contributed by atoms with E-state index >= 15 is 0 Å². The molecule has 1 saturated carbocycles. The number of aromatic nitrogens is 2. The molecule has 0 bridgehead atoms. The van der Waals surface area contributed by atoms with Gasteiger partial charge in [-0.1, -0.05) is 6.92 Å². The lowest BCUT2D eigenvalue weighted by Gasteiger charge is -2.14. The average Bonchev–Trinajstić information content (AvgIpc) is 2.96. The van der Waals surface area contributed by atoms with Gasteiger partial charge in [0.05, 0.1) is 4.92 Å². The Hall–Kier alpha value is -1.24. The van der Waals surface area contributed by atoms with Crippen molar-refractivity contribution in [3.05, 3.63) is 15.8 Å². The van der Waals surface area contributed by atoms with Crippen LogP contribution >= 0.6 is 11.8 Å². The summed E-state index contributed by atoms with van der Waals surface area (Å²) in [6, 6.07) is 0.317. The van der Waals surface area contributed by atoms with Crippen LogP contribution < -0.4 is 5.32 Å². The number of thioether (sulfide) groups is 1. The summed E-state index contributed by atoms with van der Waals surface area (Å²) in [5.41, 5.74) is 0.622. The van der Waals surface area contributed by atoms with Crippen LogP contribution in [0.1, 0.15) is 38.3 Å². The van der Waals surface area contributed by atoms with E-state index in [1.54, 1.807) is 11.6 Å². The lowest BCUT2D eigenvalue weighted by atomic mass is 10.2. The summed E-state index contributed by atoms with van der Waals surface area (Å²) in [5.74, 6) is 0.584. The maximum atomic E-state index is 11.3. The first kappa shape index (κ1) is 15.2. The van der Waals surface area contributed by atoms with Crippen LogP contribution in [-0.4, -0.2) is 32.3 Å². The van der Waals surface area contributed by atoms with Crippen molar-refractivity contribution >= 4 is 23.3 Å². The maximum absolute atomic E-state index is 11.3. The monoisotopic (exact) mass is 298 g/mol. The summed E-state index contributed by atoms with van der Waals surface area (Å²) in [5, 5.41) is 19.6. The standard InChI is InChI=1S/C13H22N4O2S/c1-4-7-16-13(12(17(18)19)9(2)15-16)14-10-5-6-11(8-10)20-3/h10-11,14H,4-8H2,1-3H3. The first-order chi connectivity index (χ1) is 9.56. The van der Waals surface area contributed by atoms with Gasteiger partial charge in [-0.15, -0.1) is 0 Å². The summed E-state index contributed by atoms with van der Waals surface area (Å²) < 4.78 is 1.75. The molecule has 1 aliphatic carbocycles. The molecule has 6 nitrogen and oxygen atoms in total. The molecule has 1 aromatic rings. The molecule has 1 aliphatic rings. The second-order valence-corrected chi connectivity index (χ2v) is 6.41. The van der Waals surface area contributed by atoms with E-state index in [0.29, 0.717) is 29.3 Å². The van der Waals surface area contributed by atoms with Crippen LogP contribution in [-0.2, 0) is 6.54 Å². The first-order valence-corrected chi connectivity index (χ1v) is 8.36. The Labute approximate surface area is 123 Å². The van der Waals surface area contributed by atoms with E-state index in [-0.39, 0.29) is 10.6 Å². The van der Waals surface area contributed by atoms with Gasteiger partial charge in [0.2, 0.25) is 5.82 Å². The molecule has 7 heteroatoms. The van der Waals surface area contributed by atoms with Gasteiger partial charge < -0.3 is 5.32 Å². The maximum Gasteiger partial charge on any atom is 0.333 e. The van der Waals surface area contributed by atoms with E-state index in [0.717, 1.165) is 19.3 Å². The number of nitrogens with zero attached hydrogens (tertiary/aromatic N) is 3. The number of nitro groups is 1. The number of rotatable bonds is 6. The predicted molar refractivity (Wildman–Crippen MR) is 82.5 cm³/mol. The molecule has 20 heavy (non-hydrogen) atoms. The fourth-order valence-corrected chi connectivity index (χ4v) is 3.58. The van der Waals surface area contributed by atoms with E-state index in [4.69, 9.17) is 0 Å². The number of hydrogen-bond donors (Lipinski definition) is 1. The minimum absolute atomic E-state index is 0.131. The van der Waals surface area contributed by atoms with Gasteiger partial charge >= 0.3 is 5.69 Å². The average molecular weight is 298 g/mol. The SMILES string of the molecule is CCCn1nc(C)c([N+](=O)[O-])c1NC1CCC(SC)C1. The molecule has 1 fully saturated rings. The summed E-state index contributed by atoms with van der Waals surface area (Å²) in [4.78, 5) is 10.9. The molecule has 0 spiro atoms. The number of nitrogens with one attached hydrogen (secondary N) is 1. The summed E-state index contributed by atoms with van der Waals surface area (Å²) in [7, 11) is 0. The van der Waals surface area contributed by atoms with Gasteiger partial charge in [0.1, 0.15) is 5.69 Å². The third-order valence-corrected chi connectivity index (χ3v) is 4.87. The van der Waals surface area contributed by atoms with Crippen molar-refractivity contribution in [2.24, 2.45) is 0 Å².